The fraction of sp³-hybridized carbons (Fsp3) is 0.208. The van der Waals surface area contributed by atoms with Crippen molar-refractivity contribution >= 4 is 5.97 Å². The van der Waals surface area contributed by atoms with E-state index in [9.17, 15) is 4.79 Å². The van der Waals surface area contributed by atoms with Gasteiger partial charge in [-0.1, -0.05) is 30.3 Å². The molecule has 0 saturated heterocycles. The van der Waals surface area contributed by atoms with Gasteiger partial charge in [-0.05, 0) is 74.2 Å². The smallest absolute Gasteiger partial charge is 0.343 e. The summed E-state index contributed by atoms with van der Waals surface area (Å²) in [6.45, 7) is 8.24. The molecule has 0 atom stereocenters. The quantitative estimate of drug-likeness (QED) is 0.435. The third-order valence-corrected chi connectivity index (χ3v) is 5.08. The van der Waals surface area contributed by atoms with Gasteiger partial charge in [-0.3, -0.25) is 0 Å². The third kappa shape index (κ3) is 3.59. The van der Waals surface area contributed by atoms with E-state index in [1.54, 1.807) is 19.2 Å². The Morgan fingerprint density at radius 2 is 1.22 bits per heavy atom. The van der Waals surface area contributed by atoms with Gasteiger partial charge >= 0.3 is 5.97 Å². The summed E-state index contributed by atoms with van der Waals surface area (Å²) in [6, 6.07) is 16.9. The van der Waals surface area contributed by atoms with E-state index in [1.165, 1.54) is 0 Å². The first kappa shape index (κ1) is 18.7. The Balaban J connectivity index is 2.18. The van der Waals surface area contributed by atoms with Gasteiger partial charge in [0.15, 0.2) is 0 Å². The standard InChI is InChI=1S/C24H24O3/c1-15-11-13-20(26-5)22(17(15)3)23-18(4)16(2)12-14-21(23)27-24(25)19-9-7-6-8-10-19/h6-14H,1-5H3. The van der Waals surface area contributed by atoms with Gasteiger partial charge < -0.3 is 9.47 Å². The van der Waals surface area contributed by atoms with Crippen molar-refractivity contribution in [3.63, 3.8) is 0 Å². The molecule has 3 heteroatoms. The maximum absolute atomic E-state index is 12.6. The van der Waals surface area contributed by atoms with Crippen LogP contribution in [0, 0.1) is 27.7 Å². The first-order chi connectivity index (χ1) is 12.9. The molecule has 0 spiro atoms. The Morgan fingerprint density at radius 3 is 1.78 bits per heavy atom. The van der Waals surface area contributed by atoms with E-state index in [-0.39, 0.29) is 5.97 Å². The average molecular weight is 360 g/mol. The second-order valence-electron chi connectivity index (χ2n) is 6.72. The van der Waals surface area contributed by atoms with E-state index in [4.69, 9.17) is 9.47 Å². The summed E-state index contributed by atoms with van der Waals surface area (Å²) in [7, 11) is 1.66. The van der Waals surface area contributed by atoms with Crippen LogP contribution in [-0.2, 0) is 0 Å². The summed E-state index contributed by atoms with van der Waals surface area (Å²) in [5.74, 6) is 0.937. The van der Waals surface area contributed by atoms with Crippen LogP contribution in [-0.4, -0.2) is 13.1 Å². The molecule has 0 amide bonds. The zero-order valence-corrected chi connectivity index (χ0v) is 16.4. The molecule has 3 rings (SSSR count). The molecule has 138 valence electrons. The van der Waals surface area contributed by atoms with Crippen LogP contribution in [0.2, 0.25) is 0 Å². The van der Waals surface area contributed by atoms with Crippen LogP contribution >= 0.6 is 0 Å². The van der Waals surface area contributed by atoms with Gasteiger partial charge in [0.1, 0.15) is 11.5 Å². The van der Waals surface area contributed by atoms with E-state index in [2.05, 4.69) is 20.8 Å². The second-order valence-corrected chi connectivity index (χ2v) is 6.72. The van der Waals surface area contributed by atoms with Crippen molar-refractivity contribution in [1.82, 2.24) is 0 Å². The molecule has 0 aliphatic heterocycles. The minimum atomic E-state index is -0.371. The molecule has 0 aliphatic carbocycles. The molecule has 3 aromatic rings. The highest BCUT2D eigenvalue weighted by atomic mass is 16.5. The lowest BCUT2D eigenvalue weighted by molar-refractivity contribution is 0.0735. The number of rotatable bonds is 4. The van der Waals surface area contributed by atoms with Gasteiger partial charge in [-0.25, -0.2) is 4.79 Å². The van der Waals surface area contributed by atoms with E-state index in [1.807, 2.05) is 49.4 Å². The van der Waals surface area contributed by atoms with Crippen molar-refractivity contribution in [2.45, 2.75) is 27.7 Å². The molecule has 3 nitrogen and oxygen atoms in total. The van der Waals surface area contributed by atoms with Crippen LogP contribution in [0.25, 0.3) is 11.1 Å². The monoisotopic (exact) mass is 360 g/mol. The van der Waals surface area contributed by atoms with E-state index in [0.29, 0.717) is 11.3 Å². The van der Waals surface area contributed by atoms with Crippen LogP contribution in [0.4, 0.5) is 0 Å². The maximum atomic E-state index is 12.6. The highest BCUT2D eigenvalue weighted by molar-refractivity contribution is 5.93. The summed E-state index contributed by atoms with van der Waals surface area (Å²) < 4.78 is 11.5. The zero-order valence-electron chi connectivity index (χ0n) is 16.4. The summed E-state index contributed by atoms with van der Waals surface area (Å²) in [5.41, 5.74) is 6.86. The first-order valence-electron chi connectivity index (χ1n) is 8.96. The molecule has 0 unspecified atom stereocenters. The topological polar surface area (TPSA) is 35.5 Å². The molecular weight excluding hydrogens is 336 g/mol. The summed E-state index contributed by atoms with van der Waals surface area (Å²) >= 11 is 0. The van der Waals surface area contributed by atoms with Crippen LogP contribution < -0.4 is 9.47 Å². The number of esters is 1. The number of methoxy groups -OCH3 is 1. The predicted octanol–water partition coefficient (Wildman–Crippen LogP) is 5.82. The van der Waals surface area contributed by atoms with Gasteiger partial charge in [-0.15, -0.1) is 0 Å². The lowest BCUT2D eigenvalue weighted by Gasteiger charge is -2.20. The van der Waals surface area contributed by atoms with Crippen LogP contribution in [0.15, 0.2) is 54.6 Å². The van der Waals surface area contributed by atoms with E-state index >= 15 is 0 Å². The van der Waals surface area contributed by atoms with E-state index in [0.717, 1.165) is 39.1 Å². The Bertz CT molecular complexity index is 988. The lowest BCUT2D eigenvalue weighted by Crippen LogP contribution is -2.10. The van der Waals surface area contributed by atoms with Gasteiger partial charge in [0.2, 0.25) is 0 Å². The van der Waals surface area contributed by atoms with Gasteiger partial charge in [0, 0.05) is 11.1 Å². The lowest BCUT2D eigenvalue weighted by atomic mass is 9.90. The minimum Gasteiger partial charge on any atom is -0.496 e. The van der Waals surface area contributed by atoms with Gasteiger partial charge in [-0.2, -0.15) is 0 Å². The molecule has 0 aliphatic rings. The number of benzene rings is 3. The summed E-state index contributed by atoms with van der Waals surface area (Å²) in [5, 5.41) is 0. The Labute approximate surface area is 160 Å². The summed E-state index contributed by atoms with van der Waals surface area (Å²) in [4.78, 5) is 12.6. The number of hydrogen-bond acceptors (Lipinski definition) is 3. The molecule has 0 radical (unpaired) electrons. The zero-order chi connectivity index (χ0) is 19.6. The largest absolute Gasteiger partial charge is 0.496 e. The Kier molecular flexibility index (Phi) is 5.31. The Hall–Kier alpha value is -3.07. The number of carbonyl (C=O) groups is 1. The van der Waals surface area contributed by atoms with E-state index < -0.39 is 0 Å². The summed E-state index contributed by atoms with van der Waals surface area (Å²) in [6.07, 6.45) is 0. The molecule has 0 saturated carbocycles. The molecule has 0 fully saturated rings. The van der Waals surface area contributed by atoms with Crippen molar-refractivity contribution in [2.75, 3.05) is 7.11 Å². The Morgan fingerprint density at radius 1 is 0.704 bits per heavy atom. The van der Waals surface area contributed by atoms with Crippen molar-refractivity contribution in [2.24, 2.45) is 0 Å². The van der Waals surface area contributed by atoms with Crippen molar-refractivity contribution in [3.8, 4) is 22.6 Å². The molecule has 0 aromatic heterocycles. The molecule has 0 heterocycles. The van der Waals surface area contributed by atoms with Crippen LogP contribution in [0.5, 0.6) is 11.5 Å². The number of ether oxygens (including phenoxy) is 2. The fourth-order valence-electron chi connectivity index (χ4n) is 3.19. The van der Waals surface area contributed by atoms with Crippen LogP contribution in [0.1, 0.15) is 32.6 Å². The highest BCUT2D eigenvalue weighted by Crippen LogP contribution is 2.43. The highest BCUT2D eigenvalue weighted by Gasteiger charge is 2.21. The third-order valence-electron chi connectivity index (χ3n) is 5.08. The van der Waals surface area contributed by atoms with Gasteiger partial charge in [0.05, 0.1) is 12.7 Å². The van der Waals surface area contributed by atoms with Crippen LogP contribution in [0.3, 0.4) is 0 Å². The normalized spacial score (nSPS) is 10.6. The molecule has 27 heavy (non-hydrogen) atoms. The maximum Gasteiger partial charge on any atom is 0.343 e. The predicted molar refractivity (Wildman–Crippen MR) is 109 cm³/mol. The second kappa shape index (κ2) is 7.67. The minimum absolute atomic E-state index is 0.371. The SMILES string of the molecule is COc1ccc(C)c(C)c1-c1c(OC(=O)c2ccccc2)ccc(C)c1C. The molecule has 3 aromatic carbocycles. The van der Waals surface area contributed by atoms with Crippen molar-refractivity contribution in [3.05, 3.63) is 82.4 Å². The molecule has 0 bridgehead atoms. The average Bonchev–Trinajstić information content (AvgIpc) is 2.68. The van der Waals surface area contributed by atoms with Gasteiger partial charge in [0.25, 0.3) is 0 Å². The fourth-order valence-corrected chi connectivity index (χ4v) is 3.19. The van der Waals surface area contributed by atoms with Crippen molar-refractivity contribution in [1.29, 1.82) is 0 Å². The first-order valence-corrected chi connectivity index (χ1v) is 8.96. The molecule has 0 N–H and O–H groups in total. The number of hydrogen-bond donors (Lipinski definition) is 0. The molecular formula is C24H24O3. The number of carbonyl (C=O) groups excluding carboxylic acids is 1. The number of aryl methyl sites for hydroxylation is 2. The van der Waals surface area contributed by atoms with Crippen molar-refractivity contribution < 1.29 is 14.3 Å².